The van der Waals surface area contributed by atoms with Gasteiger partial charge in [0.2, 0.25) is 11.2 Å². The zero-order valence-corrected chi connectivity index (χ0v) is 14.3. The van der Waals surface area contributed by atoms with E-state index in [1.165, 1.54) is 36.4 Å². The fourth-order valence-corrected chi connectivity index (χ4v) is 2.40. The number of benzene rings is 2. The van der Waals surface area contributed by atoms with Crippen LogP contribution >= 0.6 is 0 Å². The van der Waals surface area contributed by atoms with Crippen LogP contribution in [0.2, 0.25) is 0 Å². The van der Waals surface area contributed by atoms with E-state index in [1.807, 2.05) is 6.92 Å². The monoisotopic (exact) mass is 376 g/mol. The first kappa shape index (κ1) is 18.6. The van der Waals surface area contributed by atoms with Gasteiger partial charge in [-0.15, -0.1) is 0 Å². The Kier molecular flexibility index (Phi) is 4.94. The fourth-order valence-electron chi connectivity index (χ4n) is 2.40. The Morgan fingerprint density at radius 3 is 2.41 bits per heavy atom. The molecule has 0 saturated heterocycles. The molecule has 0 saturated carbocycles. The molecule has 0 aliphatic heterocycles. The van der Waals surface area contributed by atoms with Crippen molar-refractivity contribution < 1.29 is 27.1 Å². The number of aryl methyl sites for hydroxylation is 1. The van der Waals surface area contributed by atoms with E-state index in [4.69, 9.17) is 13.9 Å². The number of rotatable bonds is 5. The number of halogens is 3. The first-order valence-electron chi connectivity index (χ1n) is 7.96. The second-order valence-corrected chi connectivity index (χ2v) is 5.76. The molecule has 1 heterocycles. The second kappa shape index (κ2) is 7.19. The van der Waals surface area contributed by atoms with Gasteiger partial charge >= 0.3 is 6.18 Å². The van der Waals surface area contributed by atoms with Crippen LogP contribution in [0.1, 0.15) is 11.3 Å². The summed E-state index contributed by atoms with van der Waals surface area (Å²) in [6, 6.07) is 10.3. The summed E-state index contributed by atoms with van der Waals surface area (Å²) in [5, 5.41) is -0.0453. The number of hydrogen-bond acceptors (Lipinski definition) is 4. The highest BCUT2D eigenvalue weighted by molar-refractivity contribution is 5.79. The van der Waals surface area contributed by atoms with Gasteiger partial charge in [0.1, 0.15) is 23.7 Å². The lowest BCUT2D eigenvalue weighted by atomic mass is 10.2. The minimum Gasteiger partial charge on any atom is -0.489 e. The summed E-state index contributed by atoms with van der Waals surface area (Å²) in [6.07, 6.45) is -3.43. The summed E-state index contributed by atoms with van der Waals surface area (Å²) in [5.41, 5.74) is -0.263. The lowest BCUT2D eigenvalue weighted by Gasteiger charge is -2.13. The molecule has 0 amide bonds. The molecule has 0 radical (unpaired) electrons. The normalized spacial score (nSPS) is 11.4. The van der Waals surface area contributed by atoms with E-state index in [2.05, 4.69) is 6.58 Å². The van der Waals surface area contributed by atoms with Crippen LogP contribution in [0.15, 0.2) is 64.3 Å². The SMILES string of the molecule is C=CCOc1ccc2c(=O)c(Oc3ccc(C)cc3)c(C(F)(F)F)oc2c1. The molecule has 7 heteroatoms. The Balaban J connectivity index is 2.16. The maximum Gasteiger partial charge on any atom is 0.453 e. The van der Waals surface area contributed by atoms with Crippen molar-refractivity contribution in [3.8, 4) is 17.2 Å². The van der Waals surface area contributed by atoms with Crippen molar-refractivity contribution in [2.75, 3.05) is 6.61 Å². The van der Waals surface area contributed by atoms with E-state index in [-0.39, 0.29) is 29.1 Å². The molecule has 27 heavy (non-hydrogen) atoms. The lowest BCUT2D eigenvalue weighted by molar-refractivity contribution is -0.154. The molecule has 1 aromatic heterocycles. The molecule has 4 nitrogen and oxygen atoms in total. The van der Waals surface area contributed by atoms with Gasteiger partial charge in [-0.05, 0) is 31.2 Å². The van der Waals surface area contributed by atoms with Crippen molar-refractivity contribution in [2.45, 2.75) is 13.1 Å². The van der Waals surface area contributed by atoms with Gasteiger partial charge in [0, 0.05) is 6.07 Å². The Labute approximate surface area is 152 Å². The molecular formula is C20H15F3O4. The topological polar surface area (TPSA) is 48.7 Å². The van der Waals surface area contributed by atoms with Crippen molar-refractivity contribution in [2.24, 2.45) is 0 Å². The van der Waals surface area contributed by atoms with Crippen LogP contribution in [-0.2, 0) is 6.18 Å². The van der Waals surface area contributed by atoms with E-state index < -0.39 is 23.1 Å². The predicted octanol–water partition coefficient (Wildman–Crippen LogP) is 5.48. The highest BCUT2D eigenvalue weighted by atomic mass is 19.4. The van der Waals surface area contributed by atoms with E-state index in [9.17, 15) is 18.0 Å². The maximum absolute atomic E-state index is 13.5. The third-order valence-corrected chi connectivity index (χ3v) is 3.69. The van der Waals surface area contributed by atoms with Crippen LogP contribution in [0.5, 0.6) is 17.2 Å². The van der Waals surface area contributed by atoms with E-state index in [0.717, 1.165) is 5.56 Å². The van der Waals surface area contributed by atoms with E-state index in [1.54, 1.807) is 12.1 Å². The number of fused-ring (bicyclic) bond motifs is 1. The Morgan fingerprint density at radius 2 is 1.78 bits per heavy atom. The molecule has 2 aromatic carbocycles. The van der Waals surface area contributed by atoms with Crippen molar-refractivity contribution in [1.82, 2.24) is 0 Å². The minimum atomic E-state index is -4.91. The first-order valence-corrected chi connectivity index (χ1v) is 7.96. The van der Waals surface area contributed by atoms with Gasteiger partial charge in [-0.1, -0.05) is 30.4 Å². The molecule has 0 atom stereocenters. The molecule has 140 valence electrons. The summed E-state index contributed by atoms with van der Waals surface area (Å²) in [7, 11) is 0. The van der Waals surface area contributed by atoms with E-state index >= 15 is 0 Å². The Morgan fingerprint density at radius 1 is 1.11 bits per heavy atom. The van der Waals surface area contributed by atoms with Crippen LogP contribution in [0.4, 0.5) is 13.2 Å². The number of ether oxygens (including phenoxy) is 2. The molecule has 0 aliphatic carbocycles. The highest BCUT2D eigenvalue weighted by Crippen LogP contribution is 2.38. The van der Waals surface area contributed by atoms with Gasteiger partial charge in [-0.25, -0.2) is 0 Å². The molecule has 0 unspecified atom stereocenters. The molecule has 0 spiro atoms. The van der Waals surface area contributed by atoms with Crippen LogP contribution in [0, 0.1) is 6.92 Å². The number of hydrogen-bond donors (Lipinski definition) is 0. The van der Waals surface area contributed by atoms with Crippen molar-refractivity contribution in [3.05, 3.63) is 76.7 Å². The molecule has 0 bridgehead atoms. The van der Waals surface area contributed by atoms with Gasteiger partial charge in [-0.2, -0.15) is 13.2 Å². The number of alkyl halides is 3. The molecular weight excluding hydrogens is 361 g/mol. The smallest absolute Gasteiger partial charge is 0.453 e. The Hall–Kier alpha value is -3.22. The Bertz CT molecular complexity index is 1030. The molecule has 3 aromatic rings. The van der Waals surface area contributed by atoms with Crippen molar-refractivity contribution in [3.63, 3.8) is 0 Å². The standard InChI is InChI=1S/C20H15F3O4/c1-3-10-25-14-8-9-15-16(11-14)27-19(20(21,22)23)18(17(15)24)26-13-6-4-12(2)5-7-13/h3-9,11H,1,10H2,2H3. The summed E-state index contributed by atoms with van der Waals surface area (Å²) >= 11 is 0. The molecule has 0 aliphatic rings. The van der Waals surface area contributed by atoms with Crippen LogP contribution in [0.3, 0.4) is 0 Å². The predicted molar refractivity (Wildman–Crippen MR) is 94.4 cm³/mol. The summed E-state index contributed by atoms with van der Waals surface area (Å²) in [6.45, 7) is 5.48. The van der Waals surface area contributed by atoms with Crippen LogP contribution < -0.4 is 14.9 Å². The minimum absolute atomic E-state index is 0.0453. The fraction of sp³-hybridized carbons (Fsp3) is 0.150. The maximum atomic E-state index is 13.5. The summed E-state index contributed by atoms with van der Waals surface area (Å²) in [4.78, 5) is 12.7. The lowest BCUT2D eigenvalue weighted by Crippen LogP contribution is -2.15. The first-order chi connectivity index (χ1) is 12.8. The van der Waals surface area contributed by atoms with Crippen LogP contribution in [-0.4, -0.2) is 6.61 Å². The van der Waals surface area contributed by atoms with Gasteiger partial charge < -0.3 is 13.9 Å². The largest absolute Gasteiger partial charge is 0.489 e. The third kappa shape index (κ3) is 3.97. The van der Waals surface area contributed by atoms with Gasteiger partial charge in [0.05, 0.1) is 5.39 Å². The zero-order valence-electron chi connectivity index (χ0n) is 14.3. The van der Waals surface area contributed by atoms with Gasteiger partial charge in [0.25, 0.3) is 5.76 Å². The molecule has 3 rings (SSSR count). The highest BCUT2D eigenvalue weighted by Gasteiger charge is 2.40. The average molecular weight is 376 g/mol. The zero-order chi connectivity index (χ0) is 19.6. The van der Waals surface area contributed by atoms with Crippen LogP contribution in [0.25, 0.3) is 11.0 Å². The second-order valence-electron chi connectivity index (χ2n) is 5.76. The third-order valence-electron chi connectivity index (χ3n) is 3.69. The molecule has 0 N–H and O–H groups in total. The average Bonchev–Trinajstić information content (AvgIpc) is 2.62. The van der Waals surface area contributed by atoms with Crippen molar-refractivity contribution in [1.29, 1.82) is 0 Å². The van der Waals surface area contributed by atoms with E-state index in [0.29, 0.717) is 0 Å². The molecule has 0 fully saturated rings. The summed E-state index contributed by atoms with van der Waals surface area (Å²) < 4.78 is 55.9. The van der Waals surface area contributed by atoms with Crippen molar-refractivity contribution >= 4 is 11.0 Å². The quantitative estimate of drug-likeness (QED) is 0.554. The van der Waals surface area contributed by atoms with Gasteiger partial charge in [-0.3, -0.25) is 4.79 Å². The van der Waals surface area contributed by atoms with Gasteiger partial charge in [0.15, 0.2) is 0 Å². The summed E-state index contributed by atoms with van der Waals surface area (Å²) in [5.74, 6) is -2.05.